The van der Waals surface area contributed by atoms with Crippen LogP contribution >= 0.6 is 0 Å². The van der Waals surface area contributed by atoms with Gasteiger partial charge in [0, 0.05) is 55.3 Å². The molecule has 3 aromatic rings. The Bertz CT molecular complexity index is 1120. The Morgan fingerprint density at radius 2 is 2.03 bits per heavy atom. The minimum atomic E-state index is 0.00230. The van der Waals surface area contributed by atoms with E-state index in [9.17, 15) is 9.59 Å². The molecule has 7 heteroatoms. The van der Waals surface area contributed by atoms with Gasteiger partial charge in [-0.15, -0.1) is 0 Å². The molecule has 2 aromatic heterocycles. The van der Waals surface area contributed by atoms with Crippen LogP contribution in [0.2, 0.25) is 0 Å². The number of amides is 1. The van der Waals surface area contributed by atoms with Crippen molar-refractivity contribution in [2.45, 2.75) is 18.9 Å². The Hall–Kier alpha value is -3.35. The first-order valence-electron chi connectivity index (χ1n) is 9.81. The van der Waals surface area contributed by atoms with Crippen molar-refractivity contribution in [1.29, 1.82) is 0 Å². The summed E-state index contributed by atoms with van der Waals surface area (Å²) in [5.74, 6) is 1.16. The highest BCUT2D eigenvalue weighted by Crippen LogP contribution is 2.35. The van der Waals surface area contributed by atoms with Crippen molar-refractivity contribution in [3.63, 3.8) is 0 Å². The number of likely N-dealkylation sites (tertiary alicyclic amines) is 1. The van der Waals surface area contributed by atoms with Gasteiger partial charge in [0.2, 0.25) is 0 Å². The summed E-state index contributed by atoms with van der Waals surface area (Å²) in [6.07, 6.45) is 4.54. The molecule has 29 heavy (non-hydrogen) atoms. The fourth-order valence-electron chi connectivity index (χ4n) is 4.66. The molecule has 0 saturated carbocycles. The van der Waals surface area contributed by atoms with Gasteiger partial charge in [-0.25, -0.2) is 4.68 Å². The summed E-state index contributed by atoms with van der Waals surface area (Å²) in [7, 11) is 1.61. The minimum absolute atomic E-state index is 0.00230. The molecule has 0 unspecified atom stereocenters. The second-order valence-corrected chi connectivity index (χ2v) is 7.75. The molecule has 2 bridgehead atoms. The van der Waals surface area contributed by atoms with Crippen LogP contribution in [0.5, 0.6) is 5.75 Å². The van der Waals surface area contributed by atoms with E-state index in [0.717, 1.165) is 17.8 Å². The summed E-state index contributed by atoms with van der Waals surface area (Å²) in [5, 5.41) is 4.27. The lowest BCUT2D eigenvalue weighted by Crippen LogP contribution is -2.49. The van der Waals surface area contributed by atoms with Crippen molar-refractivity contribution >= 4 is 5.91 Å². The van der Waals surface area contributed by atoms with Gasteiger partial charge < -0.3 is 14.2 Å². The number of nitrogens with zero attached hydrogens (tertiary/aromatic N) is 4. The number of ether oxygens (including phenoxy) is 1. The molecule has 0 spiro atoms. The molecule has 1 saturated heterocycles. The van der Waals surface area contributed by atoms with Gasteiger partial charge in [0.25, 0.3) is 11.5 Å². The van der Waals surface area contributed by atoms with E-state index in [1.54, 1.807) is 30.1 Å². The standard InChI is InChI=1S/C22H22N4O3/c1-29-20-7-6-16(11-19(20)26-9-3-8-23-26)22(28)24-12-15-10-17(14-24)18-4-2-5-21(27)25(18)13-15/h2-9,11,15,17H,10,12-14H2,1H3/t15-,17+/m1/s1. The van der Waals surface area contributed by atoms with Crippen LogP contribution in [0, 0.1) is 5.92 Å². The van der Waals surface area contributed by atoms with Crippen molar-refractivity contribution in [1.82, 2.24) is 19.2 Å². The second-order valence-electron chi connectivity index (χ2n) is 7.75. The van der Waals surface area contributed by atoms with Crippen molar-refractivity contribution in [2.24, 2.45) is 5.92 Å². The first kappa shape index (κ1) is 17.7. The molecule has 0 aliphatic carbocycles. The number of aromatic nitrogens is 3. The van der Waals surface area contributed by atoms with Gasteiger partial charge >= 0.3 is 0 Å². The molecule has 148 valence electrons. The Labute approximate surface area is 168 Å². The van der Waals surface area contributed by atoms with Crippen LogP contribution in [0.15, 0.2) is 59.7 Å². The quantitative estimate of drug-likeness (QED) is 0.688. The number of carbonyl (C=O) groups is 1. The highest BCUT2D eigenvalue weighted by atomic mass is 16.5. The van der Waals surface area contributed by atoms with E-state index in [0.29, 0.717) is 36.9 Å². The van der Waals surface area contributed by atoms with E-state index in [1.165, 1.54) is 0 Å². The summed E-state index contributed by atoms with van der Waals surface area (Å²) in [4.78, 5) is 27.4. The molecule has 1 amide bonds. The van der Waals surface area contributed by atoms with Crippen LogP contribution in [-0.2, 0) is 6.54 Å². The molecule has 2 aliphatic rings. The van der Waals surface area contributed by atoms with Crippen molar-refractivity contribution < 1.29 is 9.53 Å². The van der Waals surface area contributed by atoms with Crippen LogP contribution in [0.25, 0.3) is 5.69 Å². The third-order valence-electron chi connectivity index (χ3n) is 5.94. The fraction of sp³-hybridized carbons (Fsp3) is 0.318. The normalized spacial score (nSPS) is 20.2. The topological polar surface area (TPSA) is 69.4 Å². The number of pyridine rings is 1. The summed E-state index contributed by atoms with van der Waals surface area (Å²) in [6.45, 7) is 1.97. The highest BCUT2D eigenvalue weighted by molar-refractivity contribution is 5.95. The zero-order chi connectivity index (χ0) is 20.0. The zero-order valence-corrected chi connectivity index (χ0v) is 16.2. The molecular formula is C22H22N4O3. The average molecular weight is 390 g/mol. The lowest BCUT2D eigenvalue weighted by atomic mass is 9.83. The Morgan fingerprint density at radius 3 is 2.83 bits per heavy atom. The molecular weight excluding hydrogens is 368 g/mol. The number of carbonyl (C=O) groups excluding carboxylic acids is 1. The van der Waals surface area contributed by atoms with E-state index < -0.39 is 0 Å². The molecule has 0 N–H and O–H groups in total. The number of benzene rings is 1. The minimum Gasteiger partial charge on any atom is -0.494 e. The Balaban J connectivity index is 1.45. The van der Waals surface area contributed by atoms with Crippen molar-refractivity contribution in [3.8, 4) is 11.4 Å². The maximum atomic E-state index is 13.3. The Morgan fingerprint density at radius 1 is 1.14 bits per heavy atom. The second kappa shape index (κ2) is 6.92. The smallest absolute Gasteiger partial charge is 0.253 e. The molecule has 4 heterocycles. The maximum Gasteiger partial charge on any atom is 0.253 e. The van der Waals surface area contributed by atoms with Crippen LogP contribution in [0.4, 0.5) is 0 Å². The lowest BCUT2D eigenvalue weighted by molar-refractivity contribution is 0.0594. The van der Waals surface area contributed by atoms with Gasteiger partial charge in [0.05, 0.1) is 7.11 Å². The molecule has 2 aliphatic heterocycles. The molecule has 7 nitrogen and oxygen atoms in total. The third kappa shape index (κ3) is 3.03. The molecule has 1 aromatic carbocycles. The largest absolute Gasteiger partial charge is 0.494 e. The van der Waals surface area contributed by atoms with E-state index in [1.807, 2.05) is 46.0 Å². The van der Waals surface area contributed by atoms with Gasteiger partial charge in [-0.2, -0.15) is 5.10 Å². The maximum absolute atomic E-state index is 13.3. The highest BCUT2D eigenvalue weighted by Gasteiger charge is 2.36. The molecule has 2 atom stereocenters. The zero-order valence-electron chi connectivity index (χ0n) is 16.2. The van der Waals surface area contributed by atoms with Crippen LogP contribution in [0.3, 0.4) is 0 Å². The summed E-state index contributed by atoms with van der Waals surface area (Å²) in [5.41, 5.74) is 2.44. The van der Waals surface area contributed by atoms with Gasteiger partial charge in [0.15, 0.2) is 0 Å². The fourth-order valence-corrected chi connectivity index (χ4v) is 4.66. The predicted molar refractivity (Wildman–Crippen MR) is 108 cm³/mol. The number of piperidine rings is 1. The summed E-state index contributed by atoms with van der Waals surface area (Å²) in [6, 6.07) is 12.7. The average Bonchev–Trinajstić information content (AvgIpc) is 3.28. The first-order chi connectivity index (χ1) is 14.1. The predicted octanol–water partition coefficient (Wildman–Crippen LogP) is 2.30. The molecule has 5 rings (SSSR count). The van der Waals surface area contributed by atoms with E-state index >= 15 is 0 Å². The third-order valence-corrected chi connectivity index (χ3v) is 5.94. The number of methoxy groups -OCH3 is 1. The van der Waals surface area contributed by atoms with Gasteiger partial charge in [-0.3, -0.25) is 9.59 Å². The van der Waals surface area contributed by atoms with Gasteiger partial charge in [-0.1, -0.05) is 6.07 Å². The van der Waals surface area contributed by atoms with E-state index in [-0.39, 0.29) is 17.4 Å². The summed E-state index contributed by atoms with van der Waals surface area (Å²) >= 11 is 0. The number of hydrogen-bond acceptors (Lipinski definition) is 4. The summed E-state index contributed by atoms with van der Waals surface area (Å²) < 4.78 is 9.02. The molecule has 1 fully saturated rings. The van der Waals surface area contributed by atoms with Crippen LogP contribution < -0.4 is 10.3 Å². The van der Waals surface area contributed by atoms with Crippen LogP contribution in [-0.4, -0.2) is 45.4 Å². The van der Waals surface area contributed by atoms with E-state index in [2.05, 4.69) is 5.10 Å². The van der Waals surface area contributed by atoms with Crippen molar-refractivity contribution in [2.75, 3.05) is 20.2 Å². The number of fused-ring (bicyclic) bond motifs is 4. The molecule has 0 radical (unpaired) electrons. The number of rotatable bonds is 3. The Kier molecular flexibility index (Phi) is 4.23. The number of hydrogen-bond donors (Lipinski definition) is 0. The van der Waals surface area contributed by atoms with Crippen LogP contribution in [0.1, 0.15) is 28.4 Å². The van der Waals surface area contributed by atoms with Gasteiger partial charge in [0.1, 0.15) is 11.4 Å². The van der Waals surface area contributed by atoms with E-state index in [4.69, 9.17) is 4.74 Å². The van der Waals surface area contributed by atoms with Gasteiger partial charge in [-0.05, 0) is 42.7 Å². The first-order valence-corrected chi connectivity index (χ1v) is 9.81. The lowest BCUT2D eigenvalue weighted by Gasteiger charge is -2.42. The monoisotopic (exact) mass is 390 g/mol. The van der Waals surface area contributed by atoms with Crippen molar-refractivity contribution in [3.05, 3.63) is 76.5 Å². The SMILES string of the molecule is COc1ccc(C(=O)N2C[C@H]3C[C@@H](C2)c2cccc(=O)n2C3)cc1-n1cccn1.